The highest BCUT2D eigenvalue weighted by Crippen LogP contribution is 2.49. The summed E-state index contributed by atoms with van der Waals surface area (Å²) in [6.07, 6.45) is 9.48. The van der Waals surface area contributed by atoms with Gasteiger partial charge in [0.15, 0.2) is 0 Å². The molecule has 1 aliphatic heterocycles. The van der Waals surface area contributed by atoms with Crippen LogP contribution in [0.1, 0.15) is 25.3 Å². The third-order valence-electron chi connectivity index (χ3n) is 4.24. The molecule has 2 aromatic rings. The lowest BCUT2D eigenvalue weighted by molar-refractivity contribution is 0.414. The number of benzene rings is 1. The summed E-state index contributed by atoms with van der Waals surface area (Å²) in [5.74, 6) is 2.18. The summed E-state index contributed by atoms with van der Waals surface area (Å²) >= 11 is 4.28. The molecule has 2 heterocycles. The van der Waals surface area contributed by atoms with E-state index in [9.17, 15) is 0 Å². The number of nitrogens with zero attached hydrogens (tertiary/aromatic N) is 2. The van der Waals surface area contributed by atoms with Crippen LogP contribution in [0.2, 0.25) is 0 Å². The van der Waals surface area contributed by atoms with E-state index in [2.05, 4.69) is 70.5 Å². The van der Waals surface area contributed by atoms with Gasteiger partial charge in [-0.15, -0.1) is 23.5 Å². The number of aromatic nitrogens is 2. The lowest BCUT2D eigenvalue weighted by atomic mass is 10.1. The van der Waals surface area contributed by atoms with Crippen LogP contribution in [0.15, 0.2) is 43.0 Å². The van der Waals surface area contributed by atoms with E-state index in [-0.39, 0.29) is 4.08 Å². The molecule has 3 nitrogen and oxygen atoms in total. The first-order chi connectivity index (χ1) is 11.2. The number of ether oxygens (including phenoxy) is 1. The molecule has 124 valence electrons. The van der Waals surface area contributed by atoms with Crippen LogP contribution in [0.5, 0.6) is 5.75 Å². The predicted molar refractivity (Wildman–Crippen MR) is 100 cm³/mol. The van der Waals surface area contributed by atoms with Crippen molar-refractivity contribution in [3.8, 4) is 5.75 Å². The summed E-state index contributed by atoms with van der Waals surface area (Å²) in [5, 5.41) is 0.732. The van der Waals surface area contributed by atoms with Crippen LogP contribution in [-0.4, -0.2) is 31.7 Å². The number of aryl methyl sites for hydroxylation is 1. The van der Waals surface area contributed by atoms with Crippen LogP contribution in [0, 0.1) is 0 Å². The van der Waals surface area contributed by atoms with Gasteiger partial charge in [0.25, 0.3) is 0 Å². The number of methoxy groups -OCH3 is 1. The quantitative estimate of drug-likeness (QED) is 0.769. The Bertz CT molecular complexity index is 600. The fourth-order valence-electron chi connectivity index (χ4n) is 2.95. The Kier molecular flexibility index (Phi) is 5.59. The van der Waals surface area contributed by atoms with Crippen LogP contribution in [0.3, 0.4) is 0 Å². The van der Waals surface area contributed by atoms with E-state index in [1.54, 1.807) is 7.11 Å². The van der Waals surface area contributed by atoms with E-state index in [1.165, 1.54) is 24.2 Å². The highest BCUT2D eigenvalue weighted by molar-refractivity contribution is 8.19. The Labute approximate surface area is 147 Å². The average Bonchev–Trinajstić information content (AvgIpc) is 3.06. The summed E-state index contributed by atoms with van der Waals surface area (Å²) in [6.45, 7) is 3.39. The predicted octanol–water partition coefficient (Wildman–Crippen LogP) is 4.48. The van der Waals surface area contributed by atoms with Gasteiger partial charge in [0.2, 0.25) is 0 Å². The molecular formula is C18H24N2OS2. The van der Waals surface area contributed by atoms with E-state index in [4.69, 9.17) is 4.74 Å². The smallest absolute Gasteiger partial charge is 0.118 e. The van der Waals surface area contributed by atoms with Gasteiger partial charge in [0.05, 0.1) is 17.5 Å². The molecule has 0 N–H and O–H groups in total. The zero-order chi connectivity index (χ0) is 16.1. The molecule has 0 bridgehead atoms. The molecule has 1 aromatic carbocycles. The minimum absolute atomic E-state index is 0.248. The second-order valence-electron chi connectivity index (χ2n) is 6.06. The Morgan fingerprint density at radius 3 is 2.83 bits per heavy atom. The molecule has 1 saturated heterocycles. The molecule has 1 aliphatic rings. The first-order valence-electron chi connectivity index (χ1n) is 8.09. The Morgan fingerprint density at radius 2 is 2.17 bits per heavy atom. The minimum Gasteiger partial charge on any atom is -0.497 e. The van der Waals surface area contributed by atoms with Gasteiger partial charge in [0.1, 0.15) is 5.75 Å². The Balaban J connectivity index is 1.70. The maximum absolute atomic E-state index is 5.25. The molecule has 0 radical (unpaired) electrons. The molecule has 23 heavy (non-hydrogen) atoms. The maximum Gasteiger partial charge on any atom is 0.118 e. The minimum atomic E-state index is 0.248. The SMILES string of the molecule is COc1ccc(CCC2(Cn3ccnc3)SCCC(C)S2)cc1. The number of hydrogen-bond donors (Lipinski definition) is 0. The van der Waals surface area contributed by atoms with Crippen molar-refractivity contribution in [2.24, 2.45) is 0 Å². The third-order valence-corrected chi connectivity index (χ3v) is 7.58. The highest BCUT2D eigenvalue weighted by atomic mass is 32.2. The lowest BCUT2D eigenvalue weighted by Gasteiger charge is -2.39. The van der Waals surface area contributed by atoms with Gasteiger partial charge in [-0.2, -0.15) is 0 Å². The van der Waals surface area contributed by atoms with Gasteiger partial charge in [-0.3, -0.25) is 0 Å². The molecule has 0 saturated carbocycles. The van der Waals surface area contributed by atoms with Gasteiger partial charge in [-0.25, -0.2) is 4.98 Å². The number of thioether (sulfide) groups is 2. The topological polar surface area (TPSA) is 27.1 Å². The highest BCUT2D eigenvalue weighted by Gasteiger charge is 2.36. The number of rotatable bonds is 6. The molecular weight excluding hydrogens is 324 g/mol. The molecule has 0 spiro atoms. The number of imidazole rings is 1. The largest absolute Gasteiger partial charge is 0.497 e. The summed E-state index contributed by atoms with van der Waals surface area (Å²) < 4.78 is 7.73. The van der Waals surface area contributed by atoms with Crippen LogP contribution in [0.4, 0.5) is 0 Å². The molecule has 1 fully saturated rings. The molecule has 1 aromatic heterocycles. The maximum atomic E-state index is 5.25. The monoisotopic (exact) mass is 348 g/mol. The van der Waals surface area contributed by atoms with E-state index in [0.29, 0.717) is 0 Å². The molecule has 0 amide bonds. The molecule has 3 rings (SSSR count). The first-order valence-corrected chi connectivity index (χ1v) is 9.96. The molecule has 5 heteroatoms. The van der Waals surface area contributed by atoms with Crippen LogP contribution >= 0.6 is 23.5 Å². The lowest BCUT2D eigenvalue weighted by Crippen LogP contribution is -2.33. The van der Waals surface area contributed by atoms with Gasteiger partial charge in [-0.1, -0.05) is 19.1 Å². The zero-order valence-corrected chi connectivity index (χ0v) is 15.4. The Hall–Kier alpha value is -1.07. The molecule has 2 atom stereocenters. The fraction of sp³-hybridized carbons (Fsp3) is 0.500. The third kappa shape index (κ3) is 4.48. The van der Waals surface area contributed by atoms with Gasteiger partial charge in [-0.05, 0) is 42.7 Å². The van der Waals surface area contributed by atoms with Crippen molar-refractivity contribution in [1.29, 1.82) is 0 Å². The van der Waals surface area contributed by atoms with Crippen LogP contribution in [0.25, 0.3) is 0 Å². The van der Waals surface area contributed by atoms with Crippen molar-refractivity contribution < 1.29 is 4.74 Å². The fourth-order valence-corrected chi connectivity index (χ4v) is 6.86. The van der Waals surface area contributed by atoms with E-state index in [0.717, 1.165) is 24.0 Å². The van der Waals surface area contributed by atoms with Crippen molar-refractivity contribution in [1.82, 2.24) is 9.55 Å². The van der Waals surface area contributed by atoms with Crippen molar-refractivity contribution in [2.75, 3.05) is 12.9 Å². The molecule has 2 unspecified atom stereocenters. The Morgan fingerprint density at radius 1 is 1.35 bits per heavy atom. The van der Waals surface area contributed by atoms with E-state index < -0.39 is 0 Å². The van der Waals surface area contributed by atoms with Crippen LogP contribution in [-0.2, 0) is 13.0 Å². The summed E-state index contributed by atoms with van der Waals surface area (Å²) in [6, 6.07) is 8.49. The van der Waals surface area contributed by atoms with E-state index >= 15 is 0 Å². The molecule has 0 aliphatic carbocycles. The van der Waals surface area contributed by atoms with Crippen LogP contribution < -0.4 is 4.74 Å². The van der Waals surface area contributed by atoms with Crippen molar-refractivity contribution in [3.63, 3.8) is 0 Å². The van der Waals surface area contributed by atoms with Gasteiger partial charge in [0, 0.05) is 24.2 Å². The van der Waals surface area contributed by atoms with Gasteiger partial charge >= 0.3 is 0 Å². The zero-order valence-electron chi connectivity index (χ0n) is 13.8. The summed E-state index contributed by atoms with van der Waals surface area (Å²) in [4.78, 5) is 4.21. The van der Waals surface area contributed by atoms with Crippen molar-refractivity contribution in [3.05, 3.63) is 48.5 Å². The van der Waals surface area contributed by atoms with Crippen molar-refractivity contribution in [2.45, 2.75) is 42.1 Å². The summed E-state index contributed by atoms with van der Waals surface area (Å²) in [7, 11) is 1.71. The van der Waals surface area contributed by atoms with Crippen molar-refractivity contribution >= 4 is 23.5 Å². The average molecular weight is 349 g/mol. The second-order valence-corrected chi connectivity index (χ2v) is 9.62. The standard InChI is InChI=1S/C18H24N2OS2/c1-15-8-12-22-18(23-15,13-20-11-10-19-14-20)9-7-16-3-5-17(21-2)6-4-16/h3-6,10-11,14-15H,7-9,12-13H2,1-2H3. The summed E-state index contributed by atoms with van der Waals surface area (Å²) in [5.41, 5.74) is 1.38. The first kappa shape index (κ1) is 16.8. The number of hydrogen-bond acceptors (Lipinski definition) is 4. The second kappa shape index (κ2) is 7.67. The normalized spacial score (nSPS) is 24.5. The van der Waals surface area contributed by atoms with Gasteiger partial charge < -0.3 is 9.30 Å². The van der Waals surface area contributed by atoms with E-state index in [1.807, 2.05) is 12.5 Å².